The van der Waals surface area contributed by atoms with Crippen molar-refractivity contribution in [3.63, 3.8) is 0 Å². The van der Waals surface area contributed by atoms with Crippen molar-refractivity contribution in [2.45, 2.75) is 31.3 Å². The highest BCUT2D eigenvalue weighted by molar-refractivity contribution is 6.22. The normalized spacial score (nSPS) is 36.9. The molecule has 0 aromatic carbocycles. The fourth-order valence-corrected chi connectivity index (χ4v) is 1.30. The molecule has 1 N–H and O–H groups in total. The highest BCUT2D eigenvalue weighted by Gasteiger charge is 2.17. The second-order valence-electron chi connectivity index (χ2n) is 2.63. The standard InChI is InChI=1S/C7H12ClN/c1-5-3-4-6(2)9-7(5)8/h6-7,9H,1,3-4H2,2H3. The van der Waals surface area contributed by atoms with Crippen LogP contribution in [0.4, 0.5) is 0 Å². The second-order valence-corrected chi connectivity index (χ2v) is 3.06. The van der Waals surface area contributed by atoms with Gasteiger partial charge in [-0.25, -0.2) is 0 Å². The van der Waals surface area contributed by atoms with Gasteiger partial charge in [0, 0.05) is 6.04 Å². The molecule has 1 saturated heterocycles. The van der Waals surface area contributed by atoms with Crippen LogP contribution in [-0.4, -0.2) is 11.5 Å². The number of piperidine rings is 1. The van der Waals surface area contributed by atoms with Gasteiger partial charge in [-0.3, -0.25) is 5.32 Å². The van der Waals surface area contributed by atoms with E-state index in [0.717, 1.165) is 12.0 Å². The quantitative estimate of drug-likeness (QED) is 0.312. The third-order valence-corrected chi connectivity index (χ3v) is 2.12. The molecule has 0 bridgehead atoms. The molecule has 0 aromatic heterocycles. The first-order valence-electron chi connectivity index (χ1n) is 3.28. The highest BCUT2D eigenvalue weighted by Crippen LogP contribution is 2.19. The fourth-order valence-electron chi connectivity index (χ4n) is 0.980. The third kappa shape index (κ3) is 1.70. The van der Waals surface area contributed by atoms with Crippen molar-refractivity contribution in [3.05, 3.63) is 12.2 Å². The Labute approximate surface area is 61.1 Å². The van der Waals surface area contributed by atoms with Crippen molar-refractivity contribution >= 4 is 11.6 Å². The third-order valence-electron chi connectivity index (χ3n) is 1.69. The van der Waals surface area contributed by atoms with Crippen LogP contribution in [0, 0.1) is 0 Å². The fraction of sp³-hybridized carbons (Fsp3) is 0.714. The Bertz CT molecular complexity index is 122. The van der Waals surface area contributed by atoms with Gasteiger partial charge in [0.25, 0.3) is 0 Å². The highest BCUT2D eigenvalue weighted by atomic mass is 35.5. The van der Waals surface area contributed by atoms with Crippen LogP contribution in [0.25, 0.3) is 0 Å². The van der Waals surface area contributed by atoms with Crippen LogP contribution >= 0.6 is 11.6 Å². The molecule has 1 aliphatic heterocycles. The Kier molecular flexibility index (Phi) is 2.14. The lowest BCUT2D eigenvalue weighted by Crippen LogP contribution is -2.38. The van der Waals surface area contributed by atoms with Crippen molar-refractivity contribution in [1.82, 2.24) is 5.32 Å². The zero-order chi connectivity index (χ0) is 6.85. The molecule has 1 aliphatic rings. The summed E-state index contributed by atoms with van der Waals surface area (Å²) in [6, 6.07) is 0.554. The lowest BCUT2D eigenvalue weighted by molar-refractivity contribution is 0.465. The van der Waals surface area contributed by atoms with Crippen LogP contribution in [-0.2, 0) is 0 Å². The Hall–Kier alpha value is -0.0100. The number of nitrogens with one attached hydrogen (secondary N) is 1. The Morgan fingerprint density at radius 1 is 1.78 bits per heavy atom. The van der Waals surface area contributed by atoms with E-state index in [4.69, 9.17) is 11.6 Å². The minimum absolute atomic E-state index is 0.00810. The molecule has 0 amide bonds. The van der Waals surface area contributed by atoms with Gasteiger partial charge in [0.05, 0.1) is 0 Å². The molecule has 1 rings (SSSR count). The van der Waals surface area contributed by atoms with E-state index in [2.05, 4.69) is 18.8 Å². The minimum atomic E-state index is 0.00810. The summed E-state index contributed by atoms with van der Waals surface area (Å²) in [5.41, 5.74) is 1.13. The molecule has 2 atom stereocenters. The summed E-state index contributed by atoms with van der Waals surface area (Å²) in [5, 5.41) is 3.19. The van der Waals surface area contributed by atoms with Gasteiger partial charge in [-0.15, -0.1) is 11.6 Å². The lowest BCUT2D eigenvalue weighted by Gasteiger charge is -2.26. The molecule has 1 fully saturated rings. The van der Waals surface area contributed by atoms with E-state index in [-0.39, 0.29) is 5.50 Å². The van der Waals surface area contributed by atoms with Gasteiger partial charge in [-0.1, -0.05) is 6.58 Å². The van der Waals surface area contributed by atoms with Gasteiger partial charge in [0.1, 0.15) is 5.50 Å². The summed E-state index contributed by atoms with van der Waals surface area (Å²) in [6.45, 7) is 5.98. The molecule has 9 heavy (non-hydrogen) atoms. The number of hydrogen-bond acceptors (Lipinski definition) is 1. The summed E-state index contributed by atoms with van der Waals surface area (Å²) in [6.07, 6.45) is 2.24. The topological polar surface area (TPSA) is 12.0 Å². The van der Waals surface area contributed by atoms with Crippen LogP contribution in [0.3, 0.4) is 0 Å². The zero-order valence-corrected chi connectivity index (χ0v) is 6.41. The minimum Gasteiger partial charge on any atom is -0.295 e. The molecule has 0 aromatic rings. The van der Waals surface area contributed by atoms with Gasteiger partial charge in [0.15, 0.2) is 0 Å². The summed E-state index contributed by atoms with van der Waals surface area (Å²) < 4.78 is 0. The molecule has 2 unspecified atom stereocenters. The van der Waals surface area contributed by atoms with Crippen LogP contribution < -0.4 is 5.32 Å². The first-order valence-corrected chi connectivity index (χ1v) is 3.71. The van der Waals surface area contributed by atoms with E-state index in [1.807, 2.05) is 0 Å². The largest absolute Gasteiger partial charge is 0.295 e. The SMILES string of the molecule is C=C1CCC(C)NC1Cl. The van der Waals surface area contributed by atoms with Crippen molar-refractivity contribution in [3.8, 4) is 0 Å². The zero-order valence-electron chi connectivity index (χ0n) is 5.65. The van der Waals surface area contributed by atoms with E-state index in [9.17, 15) is 0 Å². The smallest absolute Gasteiger partial charge is 0.104 e. The molecular formula is C7H12ClN. The van der Waals surface area contributed by atoms with Crippen LogP contribution in [0.1, 0.15) is 19.8 Å². The monoisotopic (exact) mass is 145 g/mol. The molecule has 1 heterocycles. The number of halogens is 1. The first kappa shape index (κ1) is 7.10. The number of hydrogen-bond donors (Lipinski definition) is 1. The average Bonchev–Trinajstić information content (AvgIpc) is 1.80. The van der Waals surface area contributed by atoms with E-state index in [0.29, 0.717) is 6.04 Å². The molecule has 1 nitrogen and oxygen atoms in total. The molecule has 0 radical (unpaired) electrons. The number of alkyl halides is 1. The van der Waals surface area contributed by atoms with E-state index < -0.39 is 0 Å². The predicted molar refractivity (Wildman–Crippen MR) is 40.6 cm³/mol. The van der Waals surface area contributed by atoms with Gasteiger partial charge in [-0.2, -0.15) is 0 Å². The van der Waals surface area contributed by atoms with Crippen molar-refractivity contribution in [2.24, 2.45) is 0 Å². The van der Waals surface area contributed by atoms with Crippen LogP contribution in [0.5, 0.6) is 0 Å². The van der Waals surface area contributed by atoms with Crippen molar-refractivity contribution in [2.75, 3.05) is 0 Å². The summed E-state index contributed by atoms with van der Waals surface area (Å²) in [5.74, 6) is 0. The summed E-state index contributed by atoms with van der Waals surface area (Å²) in [7, 11) is 0. The van der Waals surface area contributed by atoms with E-state index in [1.165, 1.54) is 6.42 Å². The van der Waals surface area contributed by atoms with Gasteiger partial charge >= 0.3 is 0 Å². The second kappa shape index (κ2) is 2.72. The number of rotatable bonds is 0. The molecule has 0 saturated carbocycles. The lowest BCUT2D eigenvalue weighted by atomic mass is 10.0. The van der Waals surface area contributed by atoms with E-state index >= 15 is 0 Å². The van der Waals surface area contributed by atoms with Gasteiger partial charge < -0.3 is 0 Å². The molecule has 2 heteroatoms. The predicted octanol–water partition coefficient (Wildman–Crippen LogP) is 1.88. The summed E-state index contributed by atoms with van der Waals surface area (Å²) in [4.78, 5) is 0. The molecule has 52 valence electrons. The van der Waals surface area contributed by atoms with Crippen LogP contribution in [0.15, 0.2) is 12.2 Å². The van der Waals surface area contributed by atoms with Gasteiger partial charge in [-0.05, 0) is 25.3 Å². The first-order chi connectivity index (χ1) is 4.20. The summed E-state index contributed by atoms with van der Waals surface area (Å²) >= 11 is 5.85. The van der Waals surface area contributed by atoms with E-state index in [1.54, 1.807) is 0 Å². The van der Waals surface area contributed by atoms with Gasteiger partial charge in [0.2, 0.25) is 0 Å². The maximum atomic E-state index is 5.85. The van der Waals surface area contributed by atoms with Crippen molar-refractivity contribution < 1.29 is 0 Å². The molecule has 0 spiro atoms. The average molecular weight is 146 g/mol. The molecular weight excluding hydrogens is 134 g/mol. The molecule has 0 aliphatic carbocycles. The Morgan fingerprint density at radius 3 is 2.89 bits per heavy atom. The maximum Gasteiger partial charge on any atom is 0.104 e. The Morgan fingerprint density at radius 2 is 2.44 bits per heavy atom. The van der Waals surface area contributed by atoms with Crippen LogP contribution in [0.2, 0.25) is 0 Å². The Balaban J connectivity index is 2.44. The van der Waals surface area contributed by atoms with Crippen molar-refractivity contribution in [1.29, 1.82) is 0 Å². The maximum absolute atomic E-state index is 5.85.